The number of pyridine rings is 3. The number of halogens is 2. The first-order valence-corrected chi connectivity index (χ1v) is 22.2. The summed E-state index contributed by atoms with van der Waals surface area (Å²) in [5.41, 5.74) is 0.470. The minimum atomic E-state index is -3.91. The van der Waals surface area contributed by atoms with Gasteiger partial charge in [0.25, 0.3) is 17.4 Å². The van der Waals surface area contributed by atoms with Gasteiger partial charge < -0.3 is 39.7 Å². The van der Waals surface area contributed by atoms with Gasteiger partial charge in [0.1, 0.15) is 17.1 Å². The Labute approximate surface area is 395 Å². The van der Waals surface area contributed by atoms with Gasteiger partial charge in [0, 0.05) is 81.3 Å². The number of carbonyl (C=O) groups excluding carboxylic acids is 2. The van der Waals surface area contributed by atoms with Crippen LogP contribution in [0.4, 0.5) is 32.1 Å². The lowest BCUT2D eigenvalue weighted by Crippen LogP contribution is -2.46. The molecule has 2 saturated heterocycles. The highest BCUT2D eigenvalue weighted by atomic mass is 19.3. The molecule has 0 aliphatic carbocycles. The van der Waals surface area contributed by atoms with Gasteiger partial charge in [0.15, 0.2) is 17.1 Å². The average Bonchev–Trinajstić information content (AvgIpc) is 4.21. The Morgan fingerprint density at radius 3 is 2.23 bits per heavy atom. The molecule has 8 aromatic heterocycles. The number of hydrogen-bond donors (Lipinski definition) is 4. The van der Waals surface area contributed by atoms with Crippen molar-refractivity contribution in [3.63, 3.8) is 0 Å². The number of hydrogen-bond acceptors (Lipinski definition) is 18. The minimum absolute atomic E-state index is 0.0313. The van der Waals surface area contributed by atoms with E-state index in [0.29, 0.717) is 40.4 Å². The first-order valence-electron chi connectivity index (χ1n) is 22.2. The van der Waals surface area contributed by atoms with E-state index >= 15 is 8.78 Å². The highest BCUT2D eigenvalue weighted by molar-refractivity contribution is 5.90. The van der Waals surface area contributed by atoms with Gasteiger partial charge in [-0.2, -0.15) is 5.10 Å². The van der Waals surface area contributed by atoms with Crippen molar-refractivity contribution < 1.29 is 37.6 Å². The van der Waals surface area contributed by atoms with E-state index in [1.54, 1.807) is 68.1 Å². The Morgan fingerprint density at radius 1 is 0.714 bits per heavy atom. The molecule has 2 atom stereocenters. The average molecular weight is 950 g/mol. The van der Waals surface area contributed by atoms with Crippen molar-refractivity contribution in [2.24, 2.45) is 0 Å². The molecule has 0 aromatic carbocycles. The molecule has 0 radical (unpaired) electrons. The van der Waals surface area contributed by atoms with Crippen molar-refractivity contribution in [1.29, 1.82) is 0 Å². The third-order valence-electron chi connectivity index (χ3n) is 12.7. The van der Waals surface area contributed by atoms with Crippen LogP contribution in [0.5, 0.6) is 0 Å². The summed E-state index contributed by atoms with van der Waals surface area (Å²) >= 11 is 0. The first-order chi connectivity index (χ1) is 33.7. The van der Waals surface area contributed by atoms with Gasteiger partial charge in [0.05, 0.1) is 52.6 Å². The van der Waals surface area contributed by atoms with Crippen molar-refractivity contribution in [2.75, 3.05) is 37.8 Å². The maximum Gasteiger partial charge on any atom is 0.309 e. The lowest BCUT2D eigenvalue weighted by Gasteiger charge is -2.22. The monoisotopic (exact) mass is 949 g/mol. The van der Waals surface area contributed by atoms with E-state index in [9.17, 15) is 19.8 Å². The van der Waals surface area contributed by atoms with Gasteiger partial charge >= 0.3 is 5.92 Å². The maximum absolute atomic E-state index is 15.4. The Balaban J connectivity index is 1.06. The summed E-state index contributed by atoms with van der Waals surface area (Å²) in [5, 5.41) is 41.9. The SMILES string of the molecule is Cc1cc(Nc2nccc(-c3cc(-c4ccc(-c5cc([C@]6(O)CCN(C)C6=O)no5)nc4-c4ccnc(Nc5cnn6c5CCCC6)n4)cc(-c4cc([C@@]5(O)C(=O)N(C)CC5(F)F)on4)n3)n2)ccn1. The van der Waals surface area contributed by atoms with E-state index in [4.69, 9.17) is 29.0 Å². The predicted octanol–water partition coefficient (Wildman–Crippen LogP) is 5.44. The second-order valence-electron chi connectivity index (χ2n) is 17.4. The summed E-state index contributed by atoms with van der Waals surface area (Å²) in [7, 11) is 2.75. The third kappa shape index (κ3) is 7.54. The van der Waals surface area contributed by atoms with Crippen LogP contribution >= 0.6 is 0 Å². The van der Waals surface area contributed by atoms with Gasteiger partial charge in [-0.1, -0.05) is 10.3 Å². The van der Waals surface area contributed by atoms with Gasteiger partial charge in [-0.15, -0.1) is 0 Å². The molecule has 0 bridgehead atoms. The van der Waals surface area contributed by atoms with E-state index in [1.165, 1.54) is 17.2 Å². The number of alkyl halides is 2. The molecular formula is C47H41F2N15O6. The topological polar surface area (TPSA) is 265 Å². The van der Waals surface area contributed by atoms with Crippen LogP contribution in [0.2, 0.25) is 0 Å². The Hall–Kier alpha value is -8.44. The van der Waals surface area contributed by atoms with Gasteiger partial charge in [-0.25, -0.2) is 38.7 Å². The van der Waals surface area contributed by atoms with Gasteiger partial charge in [-0.05, 0) is 80.3 Å². The normalized spacial score (nSPS) is 19.8. The van der Waals surface area contributed by atoms with Crippen molar-refractivity contribution in [1.82, 2.24) is 64.8 Å². The van der Waals surface area contributed by atoms with Crippen LogP contribution in [-0.4, -0.2) is 120 Å². The third-order valence-corrected chi connectivity index (χ3v) is 12.7. The molecule has 0 unspecified atom stereocenters. The summed E-state index contributed by atoms with van der Waals surface area (Å²) < 4.78 is 43.8. The minimum Gasteiger partial charge on any atom is -0.374 e. The number of rotatable bonds is 11. The number of amides is 2. The molecule has 2 fully saturated rings. The lowest BCUT2D eigenvalue weighted by molar-refractivity contribution is -0.179. The smallest absolute Gasteiger partial charge is 0.309 e. The van der Waals surface area contributed by atoms with Crippen LogP contribution in [0.1, 0.15) is 42.1 Å². The molecule has 3 aliphatic heterocycles. The summed E-state index contributed by atoms with van der Waals surface area (Å²) in [6.07, 6.45) is 9.48. The van der Waals surface area contributed by atoms with Crippen LogP contribution < -0.4 is 10.6 Å². The Morgan fingerprint density at radius 2 is 1.47 bits per heavy atom. The molecule has 11 heterocycles. The first kappa shape index (κ1) is 44.1. The number of aliphatic hydroxyl groups is 2. The molecule has 354 valence electrons. The zero-order valence-corrected chi connectivity index (χ0v) is 37.6. The standard InChI is InChI=1S/C47H41F2N15O6/c1-25-18-27(9-13-50-25)54-43-51-14-10-29(57-43)32-19-26(20-33(55-32)34-21-39(70-60-34)47(68)42(66)63(3)24-46(47,48)49)28-7-8-30(37-22-38(61-69-37)45(67)12-17-62(2)41(45)65)56-40(28)31-11-15-52-44(58-31)59-35-23-53-64-16-5-4-6-36(35)64/h7-11,13-15,18-23,67-68H,4-6,12,16-17,24H2,1-3H3,(H,52,58,59)(H,50,51,54,57)/t45-,47-/m1/s1. The fourth-order valence-corrected chi connectivity index (χ4v) is 8.93. The van der Waals surface area contributed by atoms with E-state index in [1.807, 2.05) is 17.7 Å². The largest absolute Gasteiger partial charge is 0.374 e. The summed E-state index contributed by atoms with van der Waals surface area (Å²) in [4.78, 5) is 61.0. The van der Waals surface area contributed by atoms with Crippen LogP contribution in [0.15, 0.2) is 94.5 Å². The second-order valence-corrected chi connectivity index (χ2v) is 17.4. The number of anilines is 4. The van der Waals surface area contributed by atoms with E-state index < -0.39 is 41.2 Å². The van der Waals surface area contributed by atoms with Crippen molar-refractivity contribution in [3.05, 3.63) is 108 Å². The van der Waals surface area contributed by atoms with Crippen LogP contribution in [0, 0.1) is 6.92 Å². The molecule has 23 heteroatoms. The maximum atomic E-state index is 15.4. The number of carbonyl (C=O) groups is 2. The molecule has 3 aliphatic rings. The lowest BCUT2D eigenvalue weighted by atomic mass is 9.94. The van der Waals surface area contributed by atoms with Crippen LogP contribution in [0.3, 0.4) is 0 Å². The van der Waals surface area contributed by atoms with E-state index in [-0.39, 0.29) is 52.5 Å². The summed E-state index contributed by atoms with van der Waals surface area (Å²) in [5.74, 6) is -5.83. The highest BCUT2D eigenvalue weighted by Gasteiger charge is 2.68. The Kier molecular flexibility index (Phi) is 10.5. The van der Waals surface area contributed by atoms with Crippen molar-refractivity contribution >= 4 is 35.1 Å². The predicted molar refractivity (Wildman–Crippen MR) is 244 cm³/mol. The number of nitrogens with zero attached hydrogens (tertiary/aromatic N) is 13. The fraction of sp³-hybridized carbons (Fsp3) is 0.277. The number of aromatic nitrogens is 11. The summed E-state index contributed by atoms with van der Waals surface area (Å²) in [6, 6.07) is 16.2. The molecule has 0 spiro atoms. The molecule has 21 nitrogen and oxygen atoms in total. The quantitative estimate of drug-likeness (QED) is 0.126. The second kappa shape index (κ2) is 16.7. The molecular weight excluding hydrogens is 909 g/mol. The molecule has 0 saturated carbocycles. The number of aryl methyl sites for hydroxylation is 2. The summed E-state index contributed by atoms with van der Waals surface area (Å²) in [6.45, 7) is 1.93. The Bertz CT molecular complexity index is 3380. The fourth-order valence-electron chi connectivity index (χ4n) is 8.93. The molecule has 8 aromatic rings. The zero-order chi connectivity index (χ0) is 48.5. The number of likely N-dealkylation sites (tertiary alicyclic amines) is 2. The molecule has 11 rings (SSSR count). The highest BCUT2D eigenvalue weighted by Crippen LogP contribution is 2.46. The van der Waals surface area contributed by atoms with Crippen molar-refractivity contribution in [2.45, 2.75) is 56.3 Å². The van der Waals surface area contributed by atoms with Gasteiger partial charge in [0.2, 0.25) is 11.9 Å². The van der Waals surface area contributed by atoms with Crippen LogP contribution in [0.25, 0.3) is 56.7 Å². The molecule has 2 amide bonds. The molecule has 70 heavy (non-hydrogen) atoms. The van der Waals surface area contributed by atoms with Gasteiger partial charge in [-0.3, -0.25) is 19.3 Å². The van der Waals surface area contributed by atoms with Crippen LogP contribution in [-0.2, 0) is 33.8 Å². The number of fused-ring (bicyclic) bond motifs is 1. The molecule has 4 N–H and O–H groups in total. The zero-order valence-electron chi connectivity index (χ0n) is 37.6. The van der Waals surface area contributed by atoms with E-state index in [2.05, 4.69) is 41.0 Å². The number of likely N-dealkylation sites (N-methyl/N-ethyl adjacent to an activating group) is 2. The number of nitrogens with one attached hydrogen (secondary N) is 2. The van der Waals surface area contributed by atoms with E-state index in [0.717, 1.165) is 60.9 Å². The van der Waals surface area contributed by atoms with Crippen molar-refractivity contribution in [3.8, 4) is 56.7 Å².